The predicted molar refractivity (Wildman–Crippen MR) is 107 cm³/mol. The van der Waals surface area contributed by atoms with E-state index in [2.05, 4.69) is 10.3 Å². The molecule has 0 spiro atoms. The van der Waals surface area contributed by atoms with Crippen LogP contribution in [0, 0.1) is 6.92 Å². The van der Waals surface area contributed by atoms with Crippen molar-refractivity contribution in [3.05, 3.63) is 62.8 Å². The summed E-state index contributed by atoms with van der Waals surface area (Å²) in [5.41, 5.74) is 1.88. The molecule has 0 atom stereocenters. The highest BCUT2D eigenvalue weighted by Crippen LogP contribution is 2.31. The molecule has 0 unspecified atom stereocenters. The van der Waals surface area contributed by atoms with Gasteiger partial charge in [0.25, 0.3) is 5.91 Å². The van der Waals surface area contributed by atoms with Gasteiger partial charge in [-0.1, -0.05) is 23.8 Å². The second kappa shape index (κ2) is 7.16. The summed E-state index contributed by atoms with van der Waals surface area (Å²) in [4.78, 5) is 18.4. The molecule has 0 bridgehead atoms. The van der Waals surface area contributed by atoms with E-state index in [1.165, 1.54) is 27.0 Å². The molecule has 0 radical (unpaired) electrons. The molecule has 3 heterocycles. The molecule has 0 saturated heterocycles. The van der Waals surface area contributed by atoms with Crippen LogP contribution in [0.2, 0.25) is 0 Å². The Labute approximate surface area is 165 Å². The highest BCUT2D eigenvalue weighted by molar-refractivity contribution is 7.89. The van der Waals surface area contributed by atoms with E-state index in [4.69, 9.17) is 0 Å². The van der Waals surface area contributed by atoms with Gasteiger partial charge in [-0.15, -0.1) is 22.7 Å². The number of aryl methyl sites for hydroxylation is 1. The Kier molecular flexibility index (Phi) is 4.85. The van der Waals surface area contributed by atoms with Crippen LogP contribution < -0.4 is 5.32 Å². The molecule has 27 heavy (non-hydrogen) atoms. The number of carbonyl (C=O) groups excluding carboxylic acids is 1. The molecule has 0 fully saturated rings. The van der Waals surface area contributed by atoms with Gasteiger partial charge in [0.15, 0.2) is 5.13 Å². The van der Waals surface area contributed by atoms with E-state index in [0.717, 1.165) is 16.1 Å². The van der Waals surface area contributed by atoms with Crippen molar-refractivity contribution in [3.8, 4) is 0 Å². The van der Waals surface area contributed by atoms with Gasteiger partial charge in [-0.05, 0) is 30.5 Å². The second-order valence-corrected chi connectivity index (χ2v) is 10.2. The SMILES string of the molecule is Cc1ccc(S(=O)(=O)N2CCc3nc(NC(=O)c4cccs4)sc3C2)cc1. The Morgan fingerprint density at radius 1 is 1.22 bits per heavy atom. The Bertz CT molecular complexity index is 1070. The molecule has 0 aliphatic carbocycles. The molecular formula is C18H17N3O3S3. The molecule has 3 aromatic rings. The summed E-state index contributed by atoms with van der Waals surface area (Å²) in [5.74, 6) is -0.194. The number of carbonyl (C=O) groups is 1. The van der Waals surface area contributed by atoms with Crippen LogP contribution in [0.15, 0.2) is 46.7 Å². The fourth-order valence-electron chi connectivity index (χ4n) is 2.86. The number of nitrogens with one attached hydrogen (secondary N) is 1. The molecule has 2 aromatic heterocycles. The predicted octanol–water partition coefficient (Wildman–Crippen LogP) is 3.51. The normalized spacial score (nSPS) is 14.7. The van der Waals surface area contributed by atoms with E-state index in [9.17, 15) is 13.2 Å². The first-order valence-electron chi connectivity index (χ1n) is 8.34. The van der Waals surface area contributed by atoms with Crippen LogP contribution in [-0.2, 0) is 23.0 Å². The quantitative estimate of drug-likeness (QED) is 0.702. The molecular weight excluding hydrogens is 402 g/mol. The van der Waals surface area contributed by atoms with Crippen LogP contribution in [0.25, 0.3) is 0 Å². The van der Waals surface area contributed by atoms with Crippen LogP contribution in [0.5, 0.6) is 0 Å². The van der Waals surface area contributed by atoms with Crippen molar-refractivity contribution in [1.29, 1.82) is 0 Å². The van der Waals surface area contributed by atoms with E-state index in [-0.39, 0.29) is 12.5 Å². The zero-order valence-electron chi connectivity index (χ0n) is 14.5. The number of nitrogens with zero attached hydrogens (tertiary/aromatic N) is 2. The summed E-state index contributed by atoms with van der Waals surface area (Å²) >= 11 is 2.70. The first kappa shape index (κ1) is 18.3. The largest absolute Gasteiger partial charge is 0.297 e. The number of aromatic nitrogens is 1. The molecule has 140 valence electrons. The van der Waals surface area contributed by atoms with Crippen LogP contribution >= 0.6 is 22.7 Å². The summed E-state index contributed by atoms with van der Waals surface area (Å²) in [6, 6.07) is 10.4. The molecule has 0 saturated carbocycles. The number of rotatable bonds is 4. The van der Waals surface area contributed by atoms with Crippen molar-refractivity contribution in [3.63, 3.8) is 0 Å². The van der Waals surface area contributed by atoms with Crippen LogP contribution in [-0.4, -0.2) is 30.2 Å². The van der Waals surface area contributed by atoms with E-state index in [1.54, 1.807) is 30.3 Å². The Morgan fingerprint density at radius 2 is 2.00 bits per heavy atom. The minimum atomic E-state index is -3.54. The number of anilines is 1. The Morgan fingerprint density at radius 3 is 2.70 bits per heavy atom. The molecule has 1 aliphatic rings. The van der Waals surface area contributed by atoms with Crippen LogP contribution in [0.3, 0.4) is 0 Å². The smallest absolute Gasteiger partial charge is 0.267 e. The molecule has 1 N–H and O–H groups in total. The topological polar surface area (TPSA) is 79.4 Å². The molecule has 1 aliphatic heterocycles. The highest BCUT2D eigenvalue weighted by Gasteiger charge is 2.30. The Hall–Kier alpha value is -2.07. The van der Waals surface area contributed by atoms with Gasteiger partial charge >= 0.3 is 0 Å². The summed E-state index contributed by atoms with van der Waals surface area (Å²) in [6.45, 7) is 2.58. The van der Waals surface area contributed by atoms with Gasteiger partial charge in [0.2, 0.25) is 10.0 Å². The number of fused-ring (bicyclic) bond motifs is 1. The maximum atomic E-state index is 12.9. The average Bonchev–Trinajstić information content (AvgIpc) is 3.30. The van der Waals surface area contributed by atoms with Crippen LogP contribution in [0.1, 0.15) is 25.8 Å². The van der Waals surface area contributed by atoms with Gasteiger partial charge in [-0.3, -0.25) is 10.1 Å². The molecule has 9 heteroatoms. The molecule has 4 rings (SSSR count). The van der Waals surface area contributed by atoms with E-state index in [0.29, 0.717) is 27.9 Å². The van der Waals surface area contributed by atoms with Crippen molar-refractivity contribution in [2.45, 2.75) is 24.8 Å². The van der Waals surface area contributed by atoms with E-state index >= 15 is 0 Å². The lowest BCUT2D eigenvalue weighted by molar-refractivity contribution is 0.103. The van der Waals surface area contributed by atoms with Gasteiger partial charge in [-0.25, -0.2) is 13.4 Å². The molecule has 6 nitrogen and oxygen atoms in total. The van der Waals surface area contributed by atoms with Crippen molar-refractivity contribution in [2.75, 3.05) is 11.9 Å². The van der Waals surface area contributed by atoms with Gasteiger partial charge in [0, 0.05) is 17.8 Å². The van der Waals surface area contributed by atoms with Gasteiger partial charge in [0.05, 0.1) is 22.0 Å². The van der Waals surface area contributed by atoms with Crippen LogP contribution in [0.4, 0.5) is 5.13 Å². The fourth-order valence-corrected chi connectivity index (χ4v) is 5.98. The zero-order chi connectivity index (χ0) is 19.0. The maximum absolute atomic E-state index is 12.9. The number of sulfonamides is 1. The van der Waals surface area contributed by atoms with Crippen molar-refractivity contribution in [1.82, 2.24) is 9.29 Å². The van der Waals surface area contributed by atoms with Gasteiger partial charge < -0.3 is 0 Å². The van der Waals surface area contributed by atoms with E-state index in [1.807, 2.05) is 18.4 Å². The van der Waals surface area contributed by atoms with Crippen molar-refractivity contribution < 1.29 is 13.2 Å². The van der Waals surface area contributed by atoms with Gasteiger partial charge in [-0.2, -0.15) is 4.31 Å². The zero-order valence-corrected chi connectivity index (χ0v) is 17.0. The third kappa shape index (κ3) is 3.68. The molecule has 1 aromatic carbocycles. The summed E-state index contributed by atoms with van der Waals surface area (Å²) in [5, 5.41) is 5.15. The second-order valence-electron chi connectivity index (χ2n) is 6.22. The first-order chi connectivity index (χ1) is 12.9. The number of amides is 1. The number of hydrogen-bond donors (Lipinski definition) is 1. The van der Waals surface area contributed by atoms with Crippen molar-refractivity contribution in [2.24, 2.45) is 0 Å². The number of benzene rings is 1. The first-order valence-corrected chi connectivity index (χ1v) is 11.5. The lowest BCUT2D eigenvalue weighted by Crippen LogP contribution is -2.35. The summed E-state index contributed by atoms with van der Waals surface area (Å²) in [7, 11) is -3.54. The highest BCUT2D eigenvalue weighted by atomic mass is 32.2. The maximum Gasteiger partial charge on any atom is 0.267 e. The standard InChI is InChI=1S/C18H17N3O3S3/c1-12-4-6-13(7-5-12)27(23,24)21-9-8-14-16(11-21)26-18(19-14)20-17(22)15-3-2-10-25-15/h2-7,10H,8-9,11H2,1H3,(H,19,20,22). The third-order valence-corrected chi connectivity index (χ3v) is 8.05. The lowest BCUT2D eigenvalue weighted by atomic mass is 10.2. The number of hydrogen-bond acceptors (Lipinski definition) is 6. The minimum Gasteiger partial charge on any atom is -0.297 e. The van der Waals surface area contributed by atoms with Crippen molar-refractivity contribution >= 4 is 43.7 Å². The average molecular weight is 420 g/mol. The fraction of sp³-hybridized carbons (Fsp3) is 0.222. The summed E-state index contributed by atoms with van der Waals surface area (Å²) < 4.78 is 27.3. The Balaban J connectivity index is 1.52. The minimum absolute atomic E-state index is 0.194. The third-order valence-electron chi connectivity index (χ3n) is 4.32. The van der Waals surface area contributed by atoms with E-state index < -0.39 is 10.0 Å². The summed E-state index contributed by atoms with van der Waals surface area (Å²) in [6.07, 6.45) is 0.534. The molecule has 1 amide bonds. The lowest BCUT2D eigenvalue weighted by Gasteiger charge is -2.25. The number of thiophene rings is 1. The monoisotopic (exact) mass is 419 g/mol. The van der Waals surface area contributed by atoms with Gasteiger partial charge in [0.1, 0.15) is 0 Å². The number of thiazole rings is 1.